The van der Waals surface area contributed by atoms with Crippen molar-refractivity contribution in [2.75, 3.05) is 0 Å². The number of carbonyl (C=O) groups is 1. The molecule has 0 aliphatic heterocycles. The van der Waals surface area contributed by atoms with Crippen LogP contribution in [0.1, 0.15) is 67.4 Å². The Morgan fingerprint density at radius 3 is 3.00 bits per heavy atom. The van der Waals surface area contributed by atoms with E-state index in [0.29, 0.717) is 17.8 Å². The normalized spacial score (nSPS) is 20.9. The van der Waals surface area contributed by atoms with Gasteiger partial charge in [-0.15, -0.1) is 0 Å². The van der Waals surface area contributed by atoms with Crippen LogP contribution in [-0.2, 0) is 24.1 Å². The molecule has 1 fully saturated rings. The van der Waals surface area contributed by atoms with Crippen LogP contribution in [0.15, 0.2) is 17.0 Å². The molecule has 2 heterocycles. The standard InChI is InChI=1S/C18H23N5O2/c24-17(21-14-4-2-1-3-5-14)9-16-22-18(25-23-16)12-6-7-15-13(8-12)10-19-11-20-15/h10-12,14H,1-9H2,(H,21,24). The lowest BCUT2D eigenvalue weighted by atomic mass is 9.87. The lowest BCUT2D eigenvalue weighted by Gasteiger charge is -2.22. The minimum Gasteiger partial charge on any atom is -0.353 e. The van der Waals surface area contributed by atoms with E-state index in [9.17, 15) is 4.79 Å². The van der Waals surface area contributed by atoms with Gasteiger partial charge in [-0.3, -0.25) is 4.79 Å². The maximum Gasteiger partial charge on any atom is 0.230 e. The highest BCUT2D eigenvalue weighted by atomic mass is 16.5. The SMILES string of the molecule is O=C(Cc1noc(C2CCc3ncncc3C2)n1)NC1CCCCC1. The molecule has 7 nitrogen and oxygen atoms in total. The summed E-state index contributed by atoms with van der Waals surface area (Å²) in [6.07, 6.45) is 12.1. The van der Waals surface area contributed by atoms with E-state index < -0.39 is 0 Å². The summed E-state index contributed by atoms with van der Waals surface area (Å²) in [4.78, 5) is 25.1. The second kappa shape index (κ2) is 7.29. The topological polar surface area (TPSA) is 93.8 Å². The van der Waals surface area contributed by atoms with Gasteiger partial charge in [0.1, 0.15) is 6.33 Å². The summed E-state index contributed by atoms with van der Waals surface area (Å²) in [6, 6.07) is 0.308. The van der Waals surface area contributed by atoms with Crippen LogP contribution in [0.2, 0.25) is 0 Å². The fourth-order valence-electron chi connectivity index (χ4n) is 3.84. The van der Waals surface area contributed by atoms with Gasteiger partial charge in [0.25, 0.3) is 0 Å². The molecule has 4 rings (SSSR count). The van der Waals surface area contributed by atoms with Crippen LogP contribution < -0.4 is 5.32 Å². The third-order valence-electron chi connectivity index (χ3n) is 5.20. The predicted octanol–water partition coefficient (Wildman–Crippen LogP) is 2.12. The minimum absolute atomic E-state index is 0.0124. The molecule has 2 aromatic rings. The number of hydrogen-bond acceptors (Lipinski definition) is 6. The number of fused-ring (bicyclic) bond motifs is 1. The van der Waals surface area contributed by atoms with Crippen LogP contribution in [0.3, 0.4) is 0 Å². The van der Waals surface area contributed by atoms with Gasteiger partial charge in [0.15, 0.2) is 5.82 Å². The average molecular weight is 341 g/mol. The molecule has 25 heavy (non-hydrogen) atoms. The summed E-state index contributed by atoms with van der Waals surface area (Å²) < 4.78 is 5.43. The number of nitrogens with zero attached hydrogens (tertiary/aromatic N) is 4. The average Bonchev–Trinajstić information content (AvgIpc) is 3.10. The number of nitrogens with one attached hydrogen (secondary N) is 1. The Kier molecular flexibility index (Phi) is 4.72. The largest absolute Gasteiger partial charge is 0.353 e. The molecule has 0 saturated heterocycles. The molecular formula is C18H23N5O2. The van der Waals surface area contributed by atoms with Gasteiger partial charge < -0.3 is 9.84 Å². The van der Waals surface area contributed by atoms with E-state index in [4.69, 9.17) is 4.52 Å². The van der Waals surface area contributed by atoms with Crippen LogP contribution in [0.5, 0.6) is 0 Å². The van der Waals surface area contributed by atoms with E-state index in [2.05, 4.69) is 25.4 Å². The van der Waals surface area contributed by atoms with Crippen LogP contribution in [0.25, 0.3) is 0 Å². The van der Waals surface area contributed by atoms with E-state index in [1.807, 2.05) is 6.20 Å². The first-order valence-corrected chi connectivity index (χ1v) is 9.17. The maximum absolute atomic E-state index is 12.2. The van der Waals surface area contributed by atoms with Crippen molar-refractivity contribution in [1.82, 2.24) is 25.4 Å². The molecule has 1 N–H and O–H groups in total. The van der Waals surface area contributed by atoms with E-state index in [-0.39, 0.29) is 18.2 Å². The van der Waals surface area contributed by atoms with Gasteiger partial charge >= 0.3 is 0 Å². The summed E-state index contributed by atoms with van der Waals surface area (Å²) >= 11 is 0. The van der Waals surface area contributed by atoms with E-state index >= 15 is 0 Å². The summed E-state index contributed by atoms with van der Waals surface area (Å²) in [7, 11) is 0. The van der Waals surface area contributed by atoms with E-state index in [0.717, 1.165) is 43.4 Å². The fourth-order valence-corrected chi connectivity index (χ4v) is 3.84. The van der Waals surface area contributed by atoms with Gasteiger partial charge in [-0.05, 0) is 37.7 Å². The van der Waals surface area contributed by atoms with Crippen molar-refractivity contribution in [1.29, 1.82) is 0 Å². The van der Waals surface area contributed by atoms with Crippen molar-refractivity contribution in [3.05, 3.63) is 35.5 Å². The number of hydrogen-bond donors (Lipinski definition) is 1. The Balaban J connectivity index is 1.35. The predicted molar refractivity (Wildman–Crippen MR) is 89.8 cm³/mol. The second-order valence-electron chi connectivity index (χ2n) is 7.06. The van der Waals surface area contributed by atoms with Crippen molar-refractivity contribution < 1.29 is 9.32 Å². The van der Waals surface area contributed by atoms with Crippen molar-refractivity contribution in [3.8, 4) is 0 Å². The zero-order chi connectivity index (χ0) is 17.1. The zero-order valence-corrected chi connectivity index (χ0v) is 14.3. The van der Waals surface area contributed by atoms with E-state index in [1.165, 1.54) is 19.3 Å². The molecule has 132 valence electrons. The Bertz CT molecular complexity index is 739. The summed E-state index contributed by atoms with van der Waals surface area (Å²) in [5.74, 6) is 1.26. The second-order valence-corrected chi connectivity index (χ2v) is 7.06. The Labute approximate surface area is 146 Å². The van der Waals surface area contributed by atoms with Gasteiger partial charge in [0.05, 0.1) is 6.42 Å². The molecule has 2 aliphatic rings. The van der Waals surface area contributed by atoms with Crippen LogP contribution in [0.4, 0.5) is 0 Å². The Morgan fingerprint density at radius 2 is 2.12 bits per heavy atom. The highest BCUT2D eigenvalue weighted by Gasteiger charge is 2.26. The molecule has 1 unspecified atom stereocenters. The molecule has 7 heteroatoms. The first kappa shape index (κ1) is 16.2. The maximum atomic E-state index is 12.2. The molecule has 1 saturated carbocycles. The van der Waals surface area contributed by atoms with Crippen LogP contribution >= 0.6 is 0 Å². The van der Waals surface area contributed by atoms with Crippen LogP contribution in [0, 0.1) is 0 Å². The number of aromatic nitrogens is 4. The highest BCUT2D eigenvalue weighted by Crippen LogP contribution is 2.30. The molecule has 0 spiro atoms. The van der Waals surface area contributed by atoms with Crippen LogP contribution in [-0.4, -0.2) is 32.1 Å². The fraction of sp³-hybridized carbons (Fsp3) is 0.611. The van der Waals surface area contributed by atoms with Gasteiger partial charge in [0, 0.05) is 23.9 Å². The van der Waals surface area contributed by atoms with Crippen molar-refractivity contribution in [2.45, 2.75) is 69.7 Å². The smallest absolute Gasteiger partial charge is 0.230 e. The quantitative estimate of drug-likeness (QED) is 0.915. The lowest BCUT2D eigenvalue weighted by molar-refractivity contribution is -0.121. The third-order valence-corrected chi connectivity index (χ3v) is 5.20. The molecule has 0 radical (unpaired) electrons. The number of carbonyl (C=O) groups excluding carboxylic acids is 1. The van der Waals surface area contributed by atoms with E-state index in [1.54, 1.807) is 6.33 Å². The Morgan fingerprint density at radius 1 is 1.24 bits per heavy atom. The first-order valence-electron chi connectivity index (χ1n) is 9.17. The molecule has 0 aromatic carbocycles. The number of aryl methyl sites for hydroxylation is 1. The first-order chi connectivity index (χ1) is 12.3. The van der Waals surface area contributed by atoms with Gasteiger partial charge in [-0.1, -0.05) is 24.4 Å². The Hall–Kier alpha value is -2.31. The summed E-state index contributed by atoms with van der Waals surface area (Å²) in [6.45, 7) is 0. The molecule has 1 atom stereocenters. The molecule has 2 aromatic heterocycles. The van der Waals surface area contributed by atoms with Crippen molar-refractivity contribution in [2.24, 2.45) is 0 Å². The zero-order valence-electron chi connectivity index (χ0n) is 14.3. The summed E-state index contributed by atoms with van der Waals surface area (Å²) in [5.41, 5.74) is 2.26. The minimum atomic E-state index is -0.0124. The van der Waals surface area contributed by atoms with Gasteiger partial charge in [-0.2, -0.15) is 4.98 Å². The molecule has 2 aliphatic carbocycles. The van der Waals surface area contributed by atoms with Gasteiger partial charge in [0.2, 0.25) is 11.8 Å². The summed E-state index contributed by atoms with van der Waals surface area (Å²) in [5, 5.41) is 7.09. The number of amides is 1. The number of rotatable bonds is 4. The van der Waals surface area contributed by atoms with Crippen molar-refractivity contribution in [3.63, 3.8) is 0 Å². The molecular weight excluding hydrogens is 318 g/mol. The lowest BCUT2D eigenvalue weighted by Crippen LogP contribution is -2.37. The monoisotopic (exact) mass is 341 g/mol. The highest BCUT2D eigenvalue weighted by molar-refractivity contribution is 5.78. The van der Waals surface area contributed by atoms with Crippen molar-refractivity contribution >= 4 is 5.91 Å². The third kappa shape index (κ3) is 3.86. The van der Waals surface area contributed by atoms with Gasteiger partial charge in [-0.25, -0.2) is 9.97 Å². The molecule has 1 amide bonds. The molecule has 0 bridgehead atoms.